The van der Waals surface area contributed by atoms with Crippen molar-refractivity contribution in [2.45, 2.75) is 31.4 Å². The van der Waals surface area contributed by atoms with Gasteiger partial charge in [-0.3, -0.25) is 4.79 Å². The lowest BCUT2D eigenvalue weighted by Crippen LogP contribution is -2.48. The van der Waals surface area contributed by atoms with Gasteiger partial charge in [-0.1, -0.05) is 0 Å². The van der Waals surface area contributed by atoms with E-state index in [-0.39, 0.29) is 37.0 Å². The average Bonchev–Trinajstić information content (AvgIpc) is 3.31. The minimum absolute atomic E-state index is 0.0441. The lowest BCUT2D eigenvalue weighted by Gasteiger charge is -2.37. The van der Waals surface area contributed by atoms with E-state index in [0.29, 0.717) is 13.1 Å². The number of halogens is 2. The van der Waals surface area contributed by atoms with Crippen LogP contribution in [0.1, 0.15) is 25.7 Å². The van der Waals surface area contributed by atoms with Crippen LogP contribution in [0.15, 0.2) is 12.5 Å². The van der Waals surface area contributed by atoms with Crippen LogP contribution in [0.5, 0.6) is 0 Å². The molecule has 1 amide bonds. The van der Waals surface area contributed by atoms with Gasteiger partial charge >= 0.3 is 0 Å². The van der Waals surface area contributed by atoms with Gasteiger partial charge in [0, 0.05) is 31.8 Å². The normalized spacial score (nSPS) is 21.1. The number of piperidine rings is 1. The Morgan fingerprint density at radius 1 is 1.43 bits per heavy atom. The maximum Gasteiger partial charge on any atom is 0.223 e. The fourth-order valence-corrected chi connectivity index (χ4v) is 2.57. The Kier molecular flexibility index (Phi) is 3.73. The summed E-state index contributed by atoms with van der Waals surface area (Å²) in [6, 6.07) is 0. The maximum absolute atomic E-state index is 14.6. The number of hydrogen-bond donors (Lipinski definition) is 1. The zero-order valence-corrected chi connectivity index (χ0v) is 11.7. The van der Waals surface area contributed by atoms with Crippen molar-refractivity contribution in [3.63, 3.8) is 0 Å². The van der Waals surface area contributed by atoms with Crippen LogP contribution in [0.3, 0.4) is 0 Å². The lowest BCUT2D eigenvalue weighted by molar-refractivity contribution is -0.123. The molecular weight excluding hydrogens is 278 g/mol. The van der Waals surface area contributed by atoms with E-state index in [9.17, 15) is 13.6 Å². The Labute approximate surface area is 121 Å². The Morgan fingerprint density at radius 3 is 2.76 bits per heavy atom. The second-order valence-corrected chi connectivity index (χ2v) is 5.82. The second kappa shape index (κ2) is 5.54. The summed E-state index contributed by atoms with van der Waals surface area (Å²) in [5.41, 5.74) is -1.41. The zero-order chi connectivity index (χ0) is 14.9. The molecule has 1 aliphatic carbocycles. The zero-order valence-electron chi connectivity index (χ0n) is 11.7. The number of rotatable bonds is 4. The fourth-order valence-electron chi connectivity index (χ4n) is 2.57. The molecule has 1 saturated carbocycles. The number of nitrogens with one attached hydrogen (secondary N) is 1. The number of alkyl halides is 1. The molecule has 0 radical (unpaired) electrons. The van der Waals surface area contributed by atoms with E-state index in [4.69, 9.17) is 0 Å². The number of carbonyl (C=O) groups excluding carboxylic acids is 1. The van der Waals surface area contributed by atoms with Gasteiger partial charge in [-0.25, -0.2) is 18.7 Å². The van der Waals surface area contributed by atoms with Crippen LogP contribution in [0, 0.1) is 11.7 Å². The molecule has 1 saturated heterocycles. The summed E-state index contributed by atoms with van der Waals surface area (Å²) >= 11 is 0. The van der Waals surface area contributed by atoms with E-state index in [1.807, 2.05) is 0 Å². The average molecular weight is 296 g/mol. The lowest BCUT2D eigenvalue weighted by atomic mass is 9.93. The highest BCUT2D eigenvalue weighted by Crippen LogP contribution is 2.31. The first-order valence-electron chi connectivity index (χ1n) is 7.24. The van der Waals surface area contributed by atoms with Gasteiger partial charge in [0.15, 0.2) is 11.6 Å². The van der Waals surface area contributed by atoms with E-state index in [2.05, 4.69) is 15.3 Å². The third kappa shape index (κ3) is 3.28. The van der Waals surface area contributed by atoms with Crippen molar-refractivity contribution < 1.29 is 13.6 Å². The van der Waals surface area contributed by atoms with Gasteiger partial charge in [0.25, 0.3) is 0 Å². The van der Waals surface area contributed by atoms with Gasteiger partial charge in [0.05, 0.1) is 12.7 Å². The molecule has 2 heterocycles. The summed E-state index contributed by atoms with van der Waals surface area (Å²) in [6.45, 7) is 0.801. The third-order valence-corrected chi connectivity index (χ3v) is 4.13. The molecule has 2 aliphatic rings. The summed E-state index contributed by atoms with van der Waals surface area (Å²) in [5, 5.41) is 2.69. The molecular formula is C14H18F2N4O. The molecule has 0 unspecified atom stereocenters. The largest absolute Gasteiger partial charge is 0.354 e. The molecule has 7 heteroatoms. The van der Waals surface area contributed by atoms with Gasteiger partial charge in [-0.15, -0.1) is 0 Å². The number of aromatic nitrogens is 2. The Bertz CT molecular complexity index is 527. The summed E-state index contributed by atoms with van der Waals surface area (Å²) in [7, 11) is 0. The van der Waals surface area contributed by atoms with Crippen LogP contribution in [-0.2, 0) is 4.79 Å². The van der Waals surface area contributed by atoms with Crippen LogP contribution in [-0.4, -0.2) is 41.2 Å². The van der Waals surface area contributed by atoms with Gasteiger partial charge < -0.3 is 10.2 Å². The smallest absolute Gasteiger partial charge is 0.223 e. The highest BCUT2D eigenvalue weighted by atomic mass is 19.1. The summed E-state index contributed by atoms with van der Waals surface area (Å²) in [5.74, 6) is -0.236. The molecule has 1 aromatic heterocycles. The van der Waals surface area contributed by atoms with E-state index in [1.165, 1.54) is 6.33 Å². The molecule has 2 fully saturated rings. The topological polar surface area (TPSA) is 58.1 Å². The minimum atomic E-state index is -1.41. The van der Waals surface area contributed by atoms with Crippen molar-refractivity contribution in [3.8, 4) is 0 Å². The number of anilines is 1. The Hall–Kier alpha value is -1.79. The fraction of sp³-hybridized carbons (Fsp3) is 0.643. The number of nitrogens with zero attached hydrogens (tertiary/aromatic N) is 3. The first-order chi connectivity index (χ1) is 10.1. The van der Waals surface area contributed by atoms with Crippen LogP contribution in [0.25, 0.3) is 0 Å². The van der Waals surface area contributed by atoms with E-state index in [0.717, 1.165) is 19.0 Å². The minimum Gasteiger partial charge on any atom is -0.354 e. The third-order valence-electron chi connectivity index (χ3n) is 4.13. The molecule has 1 N–H and O–H groups in total. The van der Waals surface area contributed by atoms with Crippen molar-refractivity contribution >= 4 is 11.7 Å². The van der Waals surface area contributed by atoms with E-state index >= 15 is 0 Å². The summed E-state index contributed by atoms with van der Waals surface area (Å²) < 4.78 is 28.2. The van der Waals surface area contributed by atoms with Crippen molar-refractivity contribution in [1.29, 1.82) is 0 Å². The first kappa shape index (κ1) is 14.2. The second-order valence-electron chi connectivity index (χ2n) is 5.82. The van der Waals surface area contributed by atoms with Crippen LogP contribution in [0.4, 0.5) is 14.6 Å². The number of carbonyl (C=O) groups is 1. The quantitative estimate of drug-likeness (QED) is 0.913. The standard InChI is InChI=1S/C14H18F2N4O/c15-11-7-17-9-19-12(11)20-5-3-14(16,4-6-20)8-18-13(21)10-1-2-10/h7,9-10H,1-6,8H2,(H,18,21). The van der Waals surface area contributed by atoms with Gasteiger partial charge in [-0.05, 0) is 12.8 Å². The molecule has 114 valence electrons. The highest BCUT2D eigenvalue weighted by Gasteiger charge is 2.37. The van der Waals surface area contributed by atoms with Crippen LogP contribution < -0.4 is 10.2 Å². The van der Waals surface area contributed by atoms with Gasteiger partial charge in [-0.2, -0.15) is 0 Å². The summed E-state index contributed by atoms with van der Waals surface area (Å²) in [4.78, 5) is 20.8. The molecule has 5 nitrogen and oxygen atoms in total. The SMILES string of the molecule is O=C(NCC1(F)CCN(c2ncncc2F)CC1)C1CC1. The van der Waals surface area contributed by atoms with Crippen molar-refractivity contribution in [3.05, 3.63) is 18.3 Å². The van der Waals surface area contributed by atoms with Crippen molar-refractivity contribution in [2.24, 2.45) is 5.92 Å². The molecule has 0 spiro atoms. The van der Waals surface area contributed by atoms with Gasteiger partial charge in [0.2, 0.25) is 5.91 Å². The van der Waals surface area contributed by atoms with Crippen molar-refractivity contribution in [2.75, 3.05) is 24.5 Å². The van der Waals surface area contributed by atoms with E-state index < -0.39 is 11.5 Å². The molecule has 0 aromatic carbocycles. The predicted octanol–water partition coefficient (Wildman–Crippen LogP) is 1.45. The molecule has 1 aliphatic heterocycles. The molecule has 0 bridgehead atoms. The van der Waals surface area contributed by atoms with Crippen LogP contribution in [0.2, 0.25) is 0 Å². The maximum atomic E-state index is 14.6. The Morgan fingerprint density at radius 2 is 2.14 bits per heavy atom. The highest BCUT2D eigenvalue weighted by molar-refractivity contribution is 5.80. The monoisotopic (exact) mass is 296 g/mol. The van der Waals surface area contributed by atoms with Gasteiger partial charge in [0.1, 0.15) is 12.0 Å². The predicted molar refractivity (Wildman–Crippen MR) is 73.0 cm³/mol. The number of amides is 1. The Balaban J connectivity index is 1.54. The molecule has 1 aromatic rings. The molecule has 0 atom stereocenters. The van der Waals surface area contributed by atoms with Crippen LogP contribution >= 0.6 is 0 Å². The number of hydrogen-bond acceptors (Lipinski definition) is 4. The first-order valence-corrected chi connectivity index (χ1v) is 7.24. The summed E-state index contributed by atoms with van der Waals surface area (Å²) in [6.07, 6.45) is 4.71. The molecule has 3 rings (SSSR count). The van der Waals surface area contributed by atoms with E-state index in [1.54, 1.807) is 4.90 Å². The van der Waals surface area contributed by atoms with Crippen molar-refractivity contribution in [1.82, 2.24) is 15.3 Å². The molecule has 21 heavy (non-hydrogen) atoms.